The first-order valence-electron chi connectivity index (χ1n) is 31.5. The van der Waals surface area contributed by atoms with Crippen molar-refractivity contribution in [1.82, 2.24) is 0 Å². The van der Waals surface area contributed by atoms with Crippen molar-refractivity contribution >= 4 is 17.9 Å². The van der Waals surface area contributed by atoms with E-state index in [1.54, 1.807) is 0 Å². The van der Waals surface area contributed by atoms with Crippen molar-refractivity contribution in [2.24, 2.45) is 0 Å². The molecule has 0 fully saturated rings. The zero-order chi connectivity index (χ0) is 51.4. The molecule has 0 aliphatic rings. The molecule has 71 heavy (non-hydrogen) atoms. The van der Waals surface area contributed by atoms with E-state index in [4.69, 9.17) is 14.2 Å². The highest BCUT2D eigenvalue weighted by atomic mass is 16.6. The molecule has 0 aromatic heterocycles. The first kappa shape index (κ1) is 68.6. The second-order valence-electron chi connectivity index (χ2n) is 21.3. The van der Waals surface area contributed by atoms with Crippen molar-refractivity contribution in [1.29, 1.82) is 0 Å². The van der Waals surface area contributed by atoms with Crippen molar-refractivity contribution in [3.8, 4) is 0 Å². The zero-order valence-corrected chi connectivity index (χ0v) is 47.8. The van der Waals surface area contributed by atoms with E-state index < -0.39 is 6.10 Å². The van der Waals surface area contributed by atoms with Crippen LogP contribution in [0.4, 0.5) is 0 Å². The standard InChI is InChI=1S/C65H120O6/c1-4-7-10-13-16-19-22-24-26-28-30-31-32-33-35-36-38-40-43-46-49-52-55-58-64(67)70-61-62(60-69-63(66)57-54-51-48-45-42-21-18-15-12-9-6-3)71-65(68)59-56-53-50-47-44-41-39-37-34-29-27-25-23-20-17-14-11-8-5-2/h15,18,22,24,28,30,62H,4-14,16-17,19-21,23,25-27,29,31-61H2,1-3H3/b18-15-,24-22-,30-28-. The van der Waals surface area contributed by atoms with Gasteiger partial charge in [-0.05, 0) is 70.6 Å². The lowest BCUT2D eigenvalue weighted by atomic mass is 10.0. The molecule has 1 unspecified atom stereocenters. The van der Waals surface area contributed by atoms with E-state index in [2.05, 4.69) is 57.2 Å². The average Bonchev–Trinajstić information content (AvgIpc) is 3.37. The Labute approximate surface area is 442 Å². The van der Waals surface area contributed by atoms with Crippen LogP contribution in [0, 0.1) is 0 Å². The molecule has 0 aromatic rings. The summed E-state index contributed by atoms with van der Waals surface area (Å²) < 4.78 is 16.9. The van der Waals surface area contributed by atoms with Crippen LogP contribution >= 0.6 is 0 Å². The Bertz CT molecular complexity index is 1190. The van der Waals surface area contributed by atoms with Gasteiger partial charge in [0, 0.05) is 19.3 Å². The lowest BCUT2D eigenvalue weighted by Gasteiger charge is -2.18. The monoisotopic (exact) mass is 997 g/mol. The molecule has 0 bridgehead atoms. The highest BCUT2D eigenvalue weighted by Gasteiger charge is 2.19. The Kier molecular flexibility index (Phi) is 58.2. The van der Waals surface area contributed by atoms with Crippen LogP contribution in [-0.4, -0.2) is 37.2 Å². The average molecular weight is 998 g/mol. The topological polar surface area (TPSA) is 78.9 Å². The summed E-state index contributed by atoms with van der Waals surface area (Å²) in [6.07, 6.45) is 72.9. The fourth-order valence-corrected chi connectivity index (χ4v) is 9.34. The third-order valence-electron chi connectivity index (χ3n) is 14.1. The molecule has 0 aliphatic heterocycles. The van der Waals surface area contributed by atoms with Crippen LogP contribution in [0.15, 0.2) is 36.5 Å². The highest BCUT2D eigenvalue weighted by molar-refractivity contribution is 5.71. The van der Waals surface area contributed by atoms with Crippen LogP contribution in [0.2, 0.25) is 0 Å². The number of esters is 3. The van der Waals surface area contributed by atoms with Gasteiger partial charge in [0.15, 0.2) is 6.10 Å². The Morgan fingerprint density at radius 1 is 0.282 bits per heavy atom. The summed E-state index contributed by atoms with van der Waals surface area (Å²) in [7, 11) is 0. The van der Waals surface area contributed by atoms with Gasteiger partial charge in [-0.15, -0.1) is 0 Å². The largest absolute Gasteiger partial charge is 0.462 e. The van der Waals surface area contributed by atoms with E-state index in [1.165, 1.54) is 231 Å². The first-order chi connectivity index (χ1) is 35.0. The van der Waals surface area contributed by atoms with Crippen molar-refractivity contribution in [3.63, 3.8) is 0 Å². The molecular formula is C65H120O6. The lowest BCUT2D eigenvalue weighted by molar-refractivity contribution is -0.167. The van der Waals surface area contributed by atoms with Gasteiger partial charge in [-0.1, -0.05) is 288 Å². The predicted molar refractivity (Wildman–Crippen MR) is 307 cm³/mol. The number of carbonyl (C=O) groups is 3. The Balaban J connectivity index is 4.24. The molecule has 6 heteroatoms. The molecule has 0 aliphatic carbocycles. The van der Waals surface area contributed by atoms with Gasteiger partial charge in [-0.25, -0.2) is 0 Å². The minimum absolute atomic E-state index is 0.0718. The molecule has 0 saturated heterocycles. The summed E-state index contributed by atoms with van der Waals surface area (Å²) in [5.41, 5.74) is 0. The van der Waals surface area contributed by atoms with Crippen LogP contribution < -0.4 is 0 Å². The maximum Gasteiger partial charge on any atom is 0.306 e. The second-order valence-corrected chi connectivity index (χ2v) is 21.3. The summed E-state index contributed by atoms with van der Waals surface area (Å²) in [6.45, 7) is 6.64. The Morgan fingerprint density at radius 3 is 0.831 bits per heavy atom. The van der Waals surface area contributed by atoms with Crippen molar-refractivity contribution < 1.29 is 28.6 Å². The molecule has 0 amide bonds. The van der Waals surface area contributed by atoms with Crippen molar-refractivity contribution in [3.05, 3.63) is 36.5 Å². The van der Waals surface area contributed by atoms with Crippen molar-refractivity contribution in [2.45, 2.75) is 348 Å². The first-order valence-corrected chi connectivity index (χ1v) is 31.5. The highest BCUT2D eigenvalue weighted by Crippen LogP contribution is 2.17. The summed E-state index contributed by atoms with van der Waals surface area (Å²) in [5.74, 6) is -0.862. The van der Waals surface area contributed by atoms with Gasteiger partial charge >= 0.3 is 17.9 Å². The molecule has 0 radical (unpaired) electrons. The molecule has 1 atom stereocenters. The van der Waals surface area contributed by atoms with E-state index in [0.29, 0.717) is 19.3 Å². The Hall–Kier alpha value is -2.37. The van der Waals surface area contributed by atoms with E-state index in [-0.39, 0.29) is 31.1 Å². The molecular weight excluding hydrogens is 877 g/mol. The molecule has 416 valence electrons. The molecule has 0 aromatic carbocycles. The lowest BCUT2D eigenvalue weighted by Crippen LogP contribution is -2.30. The van der Waals surface area contributed by atoms with Gasteiger partial charge in [-0.3, -0.25) is 14.4 Å². The number of allylic oxidation sites excluding steroid dienone is 6. The third kappa shape index (κ3) is 58.4. The van der Waals surface area contributed by atoms with E-state index in [1.807, 2.05) is 0 Å². The minimum Gasteiger partial charge on any atom is -0.462 e. The van der Waals surface area contributed by atoms with Gasteiger partial charge in [0.2, 0.25) is 0 Å². The quantitative estimate of drug-likeness (QED) is 0.0261. The second kappa shape index (κ2) is 60.2. The van der Waals surface area contributed by atoms with Gasteiger partial charge in [0.1, 0.15) is 13.2 Å². The normalized spacial score (nSPS) is 12.2. The summed E-state index contributed by atoms with van der Waals surface area (Å²) in [6, 6.07) is 0. The molecule has 0 N–H and O–H groups in total. The molecule has 0 spiro atoms. The van der Waals surface area contributed by atoms with Crippen molar-refractivity contribution in [2.75, 3.05) is 13.2 Å². The van der Waals surface area contributed by atoms with Gasteiger partial charge in [0.05, 0.1) is 0 Å². The maximum absolute atomic E-state index is 12.9. The zero-order valence-electron chi connectivity index (χ0n) is 47.8. The number of rotatable bonds is 58. The van der Waals surface area contributed by atoms with E-state index in [0.717, 1.165) is 70.6 Å². The summed E-state index contributed by atoms with van der Waals surface area (Å²) in [4.78, 5) is 38.2. The minimum atomic E-state index is -0.773. The molecule has 0 rings (SSSR count). The van der Waals surface area contributed by atoms with Gasteiger partial charge < -0.3 is 14.2 Å². The third-order valence-corrected chi connectivity index (χ3v) is 14.1. The van der Waals surface area contributed by atoms with Crippen LogP contribution in [-0.2, 0) is 28.6 Å². The number of unbranched alkanes of at least 4 members (excludes halogenated alkanes) is 41. The molecule has 6 nitrogen and oxygen atoms in total. The molecule has 0 heterocycles. The van der Waals surface area contributed by atoms with E-state index in [9.17, 15) is 14.4 Å². The number of carbonyl (C=O) groups excluding carboxylic acids is 3. The van der Waals surface area contributed by atoms with Crippen LogP contribution in [0.25, 0.3) is 0 Å². The van der Waals surface area contributed by atoms with Crippen LogP contribution in [0.5, 0.6) is 0 Å². The number of hydrogen-bond acceptors (Lipinski definition) is 6. The van der Waals surface area contributed by atoms with Crippen LogP contribution in [0.1, 0.15) is 342 Å². The SMILES string of the molecule is CCCC/C=C\CCCCCCCC(=O)OCC(COC(=O)CCCCCCCCCCCCC/C=C\C/C=C\CCCCCCC)OC(=O)CCCCCCCCCCCCCCCCCCCCC. The van der Waals surface area contributed by atoms with E-state index >= 15 is 0 Å². The number of ether oxygens (including phenoxy) is 3. The fraction of sp³-hybridized carbons (Fsp3) is 0.862. The summed E-state index contributed by atoms with van der Waals surface area (Å²) in [5, 5.41) is 0. The fourth-order valence-electron chi connectivity index (χ4n) is 9.34. The van der Waals surface area contributed by atoms with Gasteiger partial charge in [0.25, 0.3) is 0 Å². The smallest absolute Gasteiger partial charge is 0.306 e. The Morgan fingerprint density at radius 2 is 0.521 bits per heavy atom. The van der Waals surface area contributed by atoms with Gasteiger partial charge in [-0.2, -0.15) is 0 Å². The predicted octanol–water partition coefficient (Wildman–Crippen LogP) is 21.2. The van der Waals surface area contributed by atoms with Crippen LogP contribution in [0.3, 0.4) is 0 Å². The molecule has 0 saturated carbocycles. The number of hydrogen-bond donors (Lipinski definition) is 0. The maximum atomic E-state index is 12.9. The summed E-state index contributed by atoms with van der Waals surface area (Å²) >= 11 is 0.